The second-order valence-electron chi connectivity index (χ2n) is 4.13. The van der Waals surface area contributed by atoms with E-state index < -0.39 is 4.92 Å². The predicted octanol–water partition coefficient (Wildman–Crippen LogP) is 2.88. The highest BCUT2D eigenvalue weighted by Gasteiger charge is 2.16. The van der Waals surface area contributed by atoms with Gasteiger partial charge in [0.25, 0.3) is 5.69 Å². The first-order chi connectivity index (χ1) is 9.02. The molecule has 1 aromatic heterocycles. The normalized spacial score (nSPS) is 12.2. The molecule has 0 bridgehead atoms. The van der Waals surface area contributed by atoms with Crippen LogP contribution in [0.1, 0.15) is 18.7 Å². The summed E-state index contributed by atoms with van der Waals surface area (Å²) in [5.41, 5.74) is 6.35. The molecule has 1 atom stereocenters. The quantitative estimate of drug-likeness (QED) is 0.675. The van der Waals surface area contributed by atoms with Crippen LogP contribution in [0, 0.1) is 10.1 Å². The number of hydrogen-bond acceptors (Lipinski definition) is 5. The number of nitrogens with zero attached hydrogens (tertiary/aromatic N) is 1. The molecule has 0 amide bonds. The molecule has 6 heteroatoms. The Labute approximate surface area is 109 Å². The van der Waals surface area contributed by atoms with Gasteiger partial charge in [0.1, 0.15) is 17.3 Å². The maximum Gasteiger partial charge on any atom is 0.273 e. The average molecular weight is 262 g/mol. The van der Waals surface area contributed by atoms with Gasteiger partial charge in [-0.05, 0) is 25.1 Å². The van der Waals surface area contributed by atoms with Gasteiger partial charge >= 0.3 is 0 Å². The summed E-state index contributed by atoms with van der Waals surface area (Å²) >= 11 is 0. The second-order valence-corrected chi connectivity index (χ2v) is 4.13. The molecule has 0 fully saturated rings. The van der Waals surface area contributed by atoms with Gasteiger partial charge in [0.2, 0.25) is 0 Å². The lowest BCUT2D eigenvalue weighted by atomic mass is 10.1. The molecule has 0 spiro atoms. The SMILES string of the molecule is COc1cc([N+](=O)[O-])ccc1-c1ccc(C(C)N)o1. The number of benzene rings is 1. The number of non-ortho nitro benzene ring substituents is 1. The Morgan fingerprint density at radius 1 is 1.37 bits per heavy atom. The molecule has 2 N–H and O–H groups in total. The first kappa shape index (κ1) is 13.1. The van der Waals surface area contributed by atoms with Crippen molar-refractivity contribution in [1.82, 2.24) is 0 Å². The first-order valence-electron chi connectivity index (χ1n) is 5.71. The number of methoxy groups -OCH3 is 1. The van der Waals surface area contributed by atoms with Crippen molar-refractivity contribution < 1.29 is 14.1 Å². The Morgan fingerprint density at radius 2 is 2.11 bits per heavy atom. The molecule has 0 saturated heterocycles. The van der Waals surface area contributed by atoms with Crippen LogP contribution in [0.4, 0.5) is 5.69 Å². The predicted molar refractivity (Wildman–Crippen MR) is 70.0 cm³/mol. The van der Waals surface area contributed by atoms with E-state index in [0.717, 1.165) is 0 Å². The van der Waals surface area contributed by atoms with E-state index >= 15 is 0 Å². The van der Waals surface area contributed by atoms with Gasteiger partial charge in [-0.3, -0.25) is 10.1 Å². The van der Waals surface area contributed by atoms with Gasteiger partial charge in [-0.2, -0.15) is 0 Å². The number of furan rings is 1. The van der Waals surface area contributed by atoms with Gasteiger partial charge in [-0.25, -0.2) is 0 Å². The van der Waals surface area contributed by atoms with Crippen LogP contribution in [0.15, 0.2) is 34.7 Å². The van der Waals surface area contributed by atoms with E-state index in [1.165, 1.54) is 19.2 Å². The molecular weight excluding hydrogens is 248 g/mol. The maximum atomic E-state index is 10.7. The zero-order valence-electron chi connectivity index (χ0n) is 10.6. The lowest BCUT2D eigenvalue weighted by Crippen LogP contribution is -2.02. The summed E-state index contributed by atoms with van der Waals surface area (Å²) in [4.78, 5) is 10.2. The summed E-state index contributed by atoms with van der Waals surface area (Å²) in [6.45, 7) is 1.82. The first-order valence-corrected chi connectivity index (χ1v) is 5.71. The molecular formula is C13H14N2O4. The van der Waals surface area contributed by atoms with Crippen molar-refractivity contribution in [1.29, 1.82) is 0 Å². The number of hydrogen-bond donors (Lipinski definition) is 1. The molecule has 0 aliphatic carbocycles. The Morgan fingerprint density at radius 3 is 2.63 bits per heavy atom. The van der Waals surface area contributed by atoms with Crippen LogP contribution in [0.3, 0.4) is 0 Å². The molecule has 1 unspecified atom stereocenters. The zero-order valence-corrected chi connectivity index (χ0v) is 10.6. The van der Waals surface area contributed by atoms with Crippen molar-refractivity contribution >= 4 is 5.69 Å². The fourth-order valence-corrected chi connectivity index (χ4v) is 1.74. The number of ether oxygens (including phenoxy) is 1. The van der Waals surface area contributed by atoms with Gasteiger partial charge in [0.15, 0.2) is 0 Å². The van der Waals surface area contributed by atoms with Crippen LogP contribution in [0.25, 0.3) is 11.3 Å². The summed E-state index contributed by atoms with van der Waals surface area (Å²) in [7, 11) is 1.46. The van der Waals surface area contributed by atoms with Crippen LogP contribution in [-0.2, 0) is 0 Å². The number of nitro benzene ring substituents is 1. The Bertz CT molecular complexity index is 604. The van der Waals surface area contributed by atoms with E-state index in [1.54, 1.807) is 18.2 Å². The molecule has 0 aliphatic rings. The standard InChI is InChI=1S/C13H14N2O4/c1-8(14)11-5-6-12(19-11)10-4-3-9(15(16)17)7-13(10)18-2/h3-8H,14H2,1-2H3. The van der Waals surface area contributed by atoms with E-state index in [1.807, 2.05) is 6.92 Å². The smallest absolute Gasteiger partial charge is 0.273 e. The lowest BCUT2D eigenvalue weighted by molar-refractivity contribution is -0.384. The molecule has 0 radical (unpaired) electrons. The second kappa shape index (κ2) is 5.11. The molecule has 1 heterocycles. The van der Waals surface area contributed by atoms with E-state index in [0.29, 0.717) is 22.8 Å². The minimum atomic E-state index is -0.470. The summed E-state index contributed by atoms with van der Waals surface area (Å²) < 4.78 is 10.8. The molecule has 2 aromatic rings. The van der Waals surface area contributed by atoms with Crippen molar-refractivity contribution in [2.24, 2.45) is 5.73 Å². The number of nitro groups is 1. The van der Waals surface area contributed by atoms with Crippen molar-refractivity contribution in [2.75, 3.05) is 7.11 Å². The van der Waals surface area contributed by atoms with Crippen LogP contribution in [0.5, 0.6) is 5.75 Å². The molecule has 1 aromatic carbocycles. The monoisotopic (exact) mass is 262 g/mol. The maximum absolute atomic E-state index is 10.7. The average Bonchev–Trinajstić information content (AvgIpc) is 2.87. The molecule has 0 saturated carbocycles. The Hall–Kier alpha value is -2.34. The molecule has 2 rings (SSSR count). The van der Waals surface area contributed by atoms with Crippen LogP contribution in [-0.4, -0.2) is 12.0 Å². The number of nitrogens with two attached hydrogens (primary N) is 1. The van der Waals surface area contributed by atoms with Crippen LogP contribution >= 0.6 is 0 Å². The van der Waals surface area contributed by atoms with E-state index in [4.69, 9.17) is 14.9 Å². The highest BCUT2D eigenvalue weighted by Crippen LogP contribution is 2.34. The topological polar surface area (TPSA) is 91.5 Å². The largest absolute Gasteiger partial charge is 0.496 e. The minimum absolute atomic E-state index is 0.0282. The van der Waals surface area contributed by atoms with E-state index in [9.17, 15) is 10.1 Å². The third-order valence-electron chi connectivity index (χ3n) is 2.74. The van der Waals surface area contributed by atoms with Gasteiger partial charge in [0.05, 0.1) is 29.7 Å². The third kappa shape index (κ3) is 2.58. The summed E-state index contributed by atoms with van der Waals surface area (Å²) in [6, 6.07) is 7.71. The fraction of sp³-hybridized carbons (Fsp3) is 0.231. The van der Waals surface area contributed by atoms with Gasteiger partial charge in [-0.15, -0.1) is 0 Å². The Kier molecular flexibility index (Phi) is 3.52. The van der Waals surface area contributed by atoms with E-state index in [-0.39, 0.29) is 11.7 Å². The minimum Gasteiger partial charge on any atom is -0.496 e. The summed E-state index contributed by atoms with van der Waals surface area (Å²) in [5, 5.41) is 10.7. The highest BCUT2D eigenvalue weighted by atomic mass is 16.6. The van der Waals surface area contributed by atoms with Gasteiger partial charge < -0.3 is 14.9 Å². The summed E-state index contributed by atoms with van der Waals surface area (Å²) in [6.07, 6.45) is 0. The molecule has 0 aliphatic heterocycles. The molecule has 19 heavy (non-hydrogen) atoms. The molecule has 6 nitrogen and oxygen atoms in total. The number of rotatable bonds is 4. The van der Waals surface area contributed by atoms with Gasteiger partial charge in [0, 0.05) is 6.07 Å². The van der Waals surface area contributed by atoms with Crippen molar-refractivity contribution in [2.45, 2.75) is 13.0 Å². The molecule has 100 valence electrons. The van der Waals surface area contributed by atoms with Crippen molar-refractivity contribution in [3.8, 4) is 17.1 Å². The van der Waals surface area contributed by atoms with Crippen LogP contribution in [0.2, 0.25) is 0 Å². The third-order valence-corrected chi connectivity index (χ3v) is 2.74. The van der Waals surface area contributed by atoms with Crippen molar-refractivity contribution in [3.05, 3.63) is 46.2 Å². The zero-order chi connectivity index (χ0) is 14.0. The lowest BCUT2D eigenvalue weighted by Gasteiger charge is -2.06. The van der Waals surface area contributed by atoms with Gasteiger partial charge in [-0.1, -0.05) is 0 Å². The van der Waals surface area contributed by atoms with Crippen LogP contribution < -0.4 is 10.5 Å². The fourth-order valence-electron chi connectivity index (χ4n) is 1.74. The highest BCUT2D eigenvalue weighted by molar-refractivity contribution is 5.68. The van der Waals surface area contributed by atoms with E-state index in [2.05, 4.69) is 0 Å². The Balaban J connectivity index is 2.46. The summed E-state index contributed by atoms with van der Waals surface area (Å²) in [5.74, 6) is 1.61. The van der Waals surface area contributed by atoms with Crippen molar-refractivity contribution in [3.63, 3.8) is 0 Å².